The van der Waals surface area contributed by atoms with Crippen LogP contribution in [0.1, 0.15) is 25.7 Å². The zero-order valence-electron chi connectivity index (χ0n) is 9.69. The minimum Gasteiger partial charge on any atom is -0.295 e. The molecule has 1 saturated carbocycles. The van der Waals surface area contributed by atoms with E-state index in [1.165, 1.54) is 11.1 Å². The molecule has 0 aromatic rings. The topological polar surface area (TPSA) is 49.7 Å². The molecule has 0 atom stereocenters. The van der Waals surface area contributed by atoms with Crippen molar-refractivity contribution >= 4 is 5.91 Å². The molecular weight excluding hydrogens is 204 g/mol. The van der Waals surface area contributed by atoms with E-state index in [0.29, 0.717) is 12.8 Å². The van der Waals surface area contributed by atoms with Gasteiger partial charge in [-0.2, -0.15) is 0 Å². The van der Waals surface area contributed by atoms with Gasteiger partial charge in [-0.1, -0.05) is 12.2 Å². The third kappa shape index (κ3) is 1.53. The second-order valence-electron chi connectivity index (χ2n) is 4.71. The summed E-state index contributed by atoms with van der Waals surface area (Å²) in [5.41, 5.74) is 1.71. The fraction of sp³-hybridized carbons (Fsp3) is 0.583. The zero-order valence-corrected chi connectivity index (χ0v) is 9.69. The second kappa shape index (κ2) is 3.94. The van der Waals surface area contributed by atoms with Crippen LogP contribution >= 0.6 is 0 Å². The highest BCUT2D eigenvalue weighted by atomic mass is 16.3. The number of allylic oxidation sites excluding steroid dienone is 2. The molecule has 0 aromatic carbocycles. The van der Waals surface area contributed by atoms with Crippen molar-refractivity contribution in [2.45, 2.75) is 31.2 Å². The Morgan fingerprint density at radius 3 is 2.12 bits per heavy atom. The fourth-order valence-corrected chi connectivity index (χ4v) is 2.59. The van der Waals surface area contributed by atoms with Crippen LogP contribution in [0.2, 0.25) is 0 Å². The largest absolute Gasteiger partial charge is 0.307 e. The molecule has 2 rings (SSSR count). The van der Waals surface area contributed by atoms with Gasteiger partial charge in [-0.15, -0.1) is 4.91 Å². The molecule has 4 nitrogen and oxygen atoms in total. The van der Waals surface area contributed by atoms with Crippen LogP contribution in [0.15, 0.2) is 28.5 Å². The number of hydrogen-bond acceptors (Lipinski definition) is 3. The van der Waals surface area contributed by atoms with Gasteiger partial charge in [0.05, 0.1) is 0 Å². The normalized spacial score (nSPS) is 22.4. The first-order valence-electron chi connectivity index (χ1n) is 5.54. The number of hydrogen-bond donors (Lipinski definition) is 0. The van der Waals surface area contributed by atoms with Crippen molar-refractivity contribution in [2.75, 3.05) is 14.1 Å². The quantitative estimate of drug-likeness (QED) is 0.669. The molecule has 86 valence electrons. The first-order valence-corrected chi connectivity index (χ1v) is 5.54. The molecule has 2 aliphatic carbocycles. The predicted octanol–water partition coefficient (Wildman–Crippen LogP) is 2.02. The van der Waals surface area contributed by atoms with E-state index in [4.69, 9.17) is 0 Å². The van der Waals surface area contributed by atoms with Crippen molar-refractivity contribution < 1.29 is 4.79 Å². The Kier molecular flexibility index (Phi) is 2.76. The van der Waals surface area contributed by atoms with Gasteiger partial charge in [0.2, 0.25) is 0 Å². The number of nitrogens with zero attached hydrogens (tertiary/aromatic N) is 2. The Morgan fingerprint density at radius 1 is 1.25 bits per heavy atom. The van der Waals surface area contributed by atoms with Gasteiger partial charge in [0.15, 0.2) is 0 Å². The SMILES string of the molecule is CN(C)C1(C(=O)N=O)CC2=CCCC=C2C1. The molecule has 1 fully saturated rings. The minimum atomic E-state index is -0.732. The Morgan fingerprint density at radius 2 is 1.75 bits per heavy atom. The van der Waals surface area contributed by atoms with Gasteiger partial charge in [-0.3, -0.25) is 9.69 Å². The van der Waals surface area contributed by atoms with E-state index in [0.717, 1.165) is 12.8 Å². The molecule has 0 aromatic heterocycles. The molecule has 16 heavy (non-hydrogen) atoms. The molecule has 4 heteroatoms. The van der Waals surface area contributed by atoms with E-state index in [1.54, 1.807) is 0 Å². The van der Waals surface area contributed by atoms with E-state index < -0.39 is 11.4 Å². The summed E-state index contributed by atoms with van der Waals surface area (Å²) in [7, 11) is 3.67. The lowest BCUT2D eigenvalue weighted by atomic mass is 9.94. The van der Waals surface area contributed by atoms with Crippen LogP contribution in [0, 0.1) is 4.91 Å². The number of likely N-dealkylation sites (N-methyl/N-ethyl adjacent to an activating group) is 1. The summed E-state index contributed by atoms with van der Waals surface area (Å²) in [5.74, 6) is -0.547. The average Bonchev–Trinajstić information content (AvgIpc) is 2.68. The highest BCUT2D eigenvalue weighted by Gasteiger charge is 2.48. The maximum atomic E-state index is 11.7. The smallest absolute Gasteiger partial charge is 0.295 e. The van der Waals surface area contributed by atoms with E-state index >= 15 is 0 Å². The number of nitroso groups, excluding NO2 is 1. The van der Waals surface area contributed by atoms with Crippen molar-refractivity contribution in [2.24, 2.45) is 5.18 Å². The molecular formula is C12H16N2O2. The molecule has 2 aliphatic rings. The van der Waals surface area contributed by atoms with Gasteiger partial charge in [0, 0.05) is 18.0 Å². The third-order valence-corrected chi connectivity index (χ3v) is 3.66. The van der Waals surface area contributed by atoms with Crippen LogP contribution in [0.3, 0.4) is 0 Å². The Labute approximate surface area is 95.0 Å². The second-order valence-corrected chi connectivity index (χ2v) is 4.71. The molecule has 0 bridgehead atoms. The van der Waals surface area contributed by atoms with Gasteiger partial charge >= 0.3 is 5.91 Å². The lowest BCUT2D eigenvalue weighted by Crippen LogP contribution is -2.48. The minimum absolute atomic E-state index is 0.547. The number of amides is 1. The van der Waals surface area contributed by atoms with Crippen molar-refractivity contribution in [1.82, 2.24) is 4.90 Å². The maximum absolute atomic E-state index is 11.7. The average molecular weight is 220 g/mol. The van der Waals surface area contributed by atoms with Crippen LogP contribution in [-0.4, -0.2) is 30.4 Å². The fourth-order valence-electron chi connectivity index (χ4n) is 2.59. The molecule has 0 heterocycles. The first kappa shape index (κ1) is 11.2. The van der Waals surface area contributed by atoms with Crippen molar-refractivity contribution in [1.29, 1.82) is 0 Å². The first-order chi connectivity index (χ1) is 7.60. The lowest BCUT2D eigenvalue weighted by molar-refractivity contribution is -0.127. The Balaban J connectivity index is 2.38. The summed E-state index contributed by atoms with van der Waals surface area (Å²) < 4.78 is 0. The molecule has 0 aliphatic heterocycles. The highest BCUT2D eigenvalue weighted by Crippen LogP contribution is 2.44. The monoisotopic (exact) mass is 220 g/mol. The lowest BCUT2D eigenvalue weighted by Gasteiger charge is -2.31. The van der Waals surface area contributed by atoms with Crippen LogP contribution in [0.4, 0.5) is 0 Å². The molecule has 0 unspecified atom stereocenters. The standard InChI is InChI=1S/C12H16N2O2/c1-14(2)12(11(15)13-16)7-9-5-3-4-6-10(9)8-12/h5-6H,3-4,7-8H2,1-2H3. The van der Waals surface area contributed by atoms with Gasteiger partial charge in [-0.05, 0) is 38.1 Å². The number of carbonyl (C=O) groups excluding carboxylic acids is 1. The van der Waals surface area contributed by atoms with E-state index in [-0.39, 0.29) is 0 Å². The van der Waals surface area contributed by atoms with Crippen LogP contribution in [-0.2, 0) is 4.79 Å². The summed E-state index contributed by atoms with van der Waals surface area (Å²) >= 11 is 0. The summed E-state index contributed by atoms with van der Waals surface area (Å²) in [6.45, 7) is 0. The van der Waals surface area contributed by atoms with Crippen LogP contribution in [0.5, 0.6) is 0 Å². The summed E-state index contributed by atoms with van der Waals surface area (Å²) in [6.07, 6.45) is 7.67. The van der Waals surface area contributed by atoms with Crippen LogP contribution < -0.4 is 0 Å². The predicted molar refractivity (Wildman–Crippen MR) is 61.9 cm³/mol. The van der Waals surface area contributed by atoms with Gasteiger partial charge in [-0.25, -0.2) is 0 Å². The molecule has 0 spiro atoms. The summed E-state index contributed by atoms with van der Waals surface area (Å²) in [6, 6.07) is 0. The Hall–Kier alpha value is -1.29. The van der Waals surface area contributed by atoms with Crippen LogP contribution in [0.25, 0.3) is 0 Å². The molecule has 0 N–H and O–H groups in total. The third-order valence-electron chi connectivity index (χ3n) is 3.66. The Bertz CT molecular complexity index is 372. The molecule has 0 radical (unpaired) electrons. The van der Waals surface area contributed by atoms with E-state index in [9.17, 15) is 9.70 Å². The van der Waals surface area contributed by atoms with Crippen molar-refractivity contribution in [3.63, 3.8) is 0 Å². The van der Waals surface area contributed by atoms with Crippen molar-refractivity contribution in [3.05, 3.63) is 28.2 Å². The van der Waals surface area contributed by atoms with E-state index in [1.807, 2.05) is 19.0 Å². The van der Waals surface area contributed by atoms with Gasteiger partial charge in [0.1, 0.15) is 5.54 Å². The summed E-state index contributed by atoms with van der Waals surface area (Å²) in [4.78, 5) is 24.1. The maximum Gasteiger partial charge on any atom is 0.307 e. The molecule has 1 amide bonds. The molecule has 0 saturated heterocycles. The van der Waals surface area contributed by atoms with E-state index in [2.05, 4.69) is 17.3 Å². The zero-order chi connectivity index (χ0) is 11.8. The highest BCUT2D eigenvalue weighted by molar-refractivity contribution is 5.89. The number of rotatable bonds is 2. The number of fused-ring (bicyclic) bond motifs is 1. The number of carbonyl (C=O) groups is 1. The summed E-state index contributed by atoms with van der Waals surface area (Å²) in [5, 5.41) is 2.64. The van der Waals surface area contributed by atoms with Gasteiger partial charge < -0.3 is 0 Å². The van der Waals surface area contributed by atoms with Crippen molar-refractivity contribution in [3.8, 4) is 0 Å². The van der Waals surface area contributed by atoms with Gasteiger partial charge in [0.25, 0.3) is 0 Å².